The summed E-state index contributed by atoms with van der Waals surface area (Å²) in [6.07, 6.45) is 4.15. The maximum atomic E-state index is 5.78. The Labute approximate surface area is 126 Å². The van der Waals surface area contributed by atoms with E-state index in [0.717, 1.165) is 44.6 Å². The van der Waals surface area contributed by atoms with Gasteiger partial charge < -0.3 is 19.5 Å². The molecule has 4 nitrogen and oxygen atoms in total. The van der Waals surface area contributed by atoms with Crippen molar-refractivity contribution < 1.29 is 14.2 Å². The third-order valence-corrected chi connectivity index (χ3v) is 4.43. The molecular weight excluding hydrogens is 266 g/mol. The minimum atomic E-state index is -0.272. The highest BCUT2D eigenvalue weighted by molar-refractivity contribution is 5.54. The van der Waals surface area contributed by atoms with Gasteiger partial charge in [-0.15, -0.1) is 0 Å². The number of hydrogen-bond acceptors (Lipinski definition) is 4. The van der Waals surface area contributed by atoms with Gasteiger partial charge in [-0.2, -0.15) is 0 Å². The second-order valence-electron chi connectivity index (χ2n) is 5.94. The van der Waals surface area contributed by atoms with Crippen LogP contribution in [-0.4, -0.2) is 31.6 Å². The van der Waals surface area contributed by atoms with Crippen molar-refractivity contribution in [3.8, 4) is 5.75 Å². The minimum Gasteiger partial charge on any atom is -0.494 e. The van der Waals surface area contributed by atoms with Crippen LogP contribution in [0.1, 0.15) is 38.2 Å². The molecule has 0 aromatic heterocycles. The van der Waals surface area contributed by atoms with Crippen molar-refractivity contribution in [2.45, 2.75) is 51.4 Å². The van der Waals surface area contributed by atoms with E-state index in [0.29, 0.717) is 12.6 Å². The van der Waals surface area contributed by atoms with Crippen molar-refractivity contribution in [1.82, 2.24) is 0 Å². The van der Waals surface area contributed by atoms with Crippen molar-refractivity contribution in [3.05, 3.63) is 23.8 Å². The van der Waals surface area contributed by atoms with E-state index in [-0.39, 0.29) is 5.79 Å². The molecule has 21 heavy (non-hydrogen) atoms. The molecule has 0 bridgehead atoms. The fourth-order valence-electron chi connectivity index (χ4n) is 3.26. The maximum absolute atomic E-state index is 5.78. The Morgan fingerprint density at radius 3 is 2.57 bits per heavy atom. The van der Waals surface area contributed by atoms with Crippen molar-refractivity contribution in [2.75, 3.05) is 25.1 Å². The average Bonchev–Trinajstić information content (AvgIpc) is 2.93. The minimum absolute atomic E-state index is 0.272. The molecule has 1 saturated carbocycles. The van der Waals surface area contributed by atoms with Crippen LogP contribution < -0.4 is 10.1 Å². The Balaban J connectivity index is 1.57. The summed E-state index contributed by atoms with van der Waals surface area (Å²) < 4.78 is 17.1. The van der Waals surface area contributed by atoms with Gasteiger partial charge in [0.2, 0.25) is 0 Å². The first kappa shape index (κ1) is 14.7. The molecule has 1 aliphatic carbocycles. The molecule has 1 heterocycles. The normalized spacial score (nSPS) is 21.6. The predicted molar refractivity (Wildman–Crippen MR) is 82.9 cm³/mol. The van der Waals surface area contributed by atoms with Crippen molar-refractivity contribution >= 4 is 5.69 Å². The van der Waals surface area contributed by atoms with E-state index < -0.39 is 0 Å². The van der Waals surface area contributed by atoms with E-state index in [1.54, 1.807) is 0 Å². The van der Waals surface area contributed by atoms with Crippen LogP contribution in [0.2, 0.25) is 0 Å². The number of aryl methyl sites for hydroxylation is 1. The monoisotopic (exact) mass is 291 g/mol. The van der Waals surface area contributed by atoms with Crippen molar-refractivity contribution in [2.24, 2.45) is 0 Å². The van der Waals surface area contributed by atoms with Crippen LogP contribution in [0.4, 0.5) is 5.69 Å². The van der Waals surface area contributed by atoms with Crippen LogP contribution in [0.3, 0.4) is 0 Å². The van der Waals surface area contributed by atoms with Gasteiger partial charge in [-0.05, 0) is 50.5 Å². The van der Waals surface area contributed by atoms with Gasteiger partial charge in [0.05, 0.1) is 19.8 Å². The van der Waals surface area contributed by atoms with Gasteiger partial charge in [-0.1, -0.05) is 0 Å². The fraction of sp³-hybridized carbons (Fsp3) is 0.647. The lowest BCUT2D eigenvalue weighted by Gasteiger charge is -2.36. The first-order chi connectivity index (χ1) is 10.2. The van der Waals surface area contributed by atoms with E-state index in [1.165, 1.54) is 11.3 Å². The van der Waals surface area contributed by atoms with E-state index in [4.69, 9.17) is 14.2 Å². The highest BCUT2D eigenvalue weighted by atomic mass is 16.7. The summed E-state index contributed by atoms with van der Waals surface area (Å²) in [5.41, 5.74) is 2.43. The van der Waals surface area contributed by atoms with Crippen molar-refractivity contribution in [1.29, 1.82) is 0 Å². The second kappa shape index (κ2) is 6.24. The molecule has 1 N–H and O–H groups in total. The Bertz CT molecular complexity index is 473. The molecule has 2 fully saturated rings. The zero-order chi connectivity index (χ0) is 14.7. The van der Waals surface area contributed by atoms with E-state index >= 15 is 0 Å². The molecule has 4 heteroatoms. The molecule has 1 saturated heterocycles. The molecule has 1 aliphatic heterocycles. The van der Waals surface area contributed by atoms with Gasteiger partial charge in [0, 0.05) is 24.6 Å². The van der Waals surface area contributed by atoms with E-state index in [1.807, 2.05) is 13.0 Å². The van der Waals surface area contributed by atoms with Crippen LogP contribution in [0.15, 0.2) is 18.2 Å². The third kappa shape index (κ3) is 3.33. The molecule has 0 unspecified atom stereocenters. The number of anilines is 1. The standard InChI is InChI=1S/C17H25NO3/c1-3-19-15-4-5-16(13(2)12-15)18-14-6-8-17(9-7-14)20-10-11-21-17/h4-5,12,14,18H,3,6-11H2,1-2H3. The highest BCUT2D eigenvalue weighted by Crippen LogP contribution is 2.37. The largest absolute Gasteiger partial charge is 0.494 e. The molecule has 0 atom stereocenters. The van der Waals surface area contributed by atoms with Crippen LogP contribution in [-0.2, 0) is 9.47 Å². The number of benzene rings is 1. The fourth-order valence-corrected chi connectivity index (χ4v) is 3.26. The SMILES string of the molecule is CCOc1ccc(NC2CCC3(CC2)OCCO3)c(C)c1. The first-order valence-electron chi connectivity index (χ1n) is 7.99. The van der Waals surface area contributed by atoms with Gasteiger partial charge in [0.25, 0.3) is 0 Å². The smallest absolute Gasteiger partial charge is 0.168 e. The predicted octanol–water partition coefficient (Wildman–Crippen LogP) is 3.49. The molecular formula is C17H25NO3. The number of hydrogen-bond donors (Lipinski definition) is 1. The first-order valence-corrected chi connectivity index (χ1v) is 7.99. The molecule has 116 valence electrons. The van der Waals surface area contributed by atoms with Crippen LogP contribution in [0, 0.1) is 6.92 Å². The molecule has 0 radical (unpaired) electrons. The molecule has 1 aromatic carbocycles. The zero-order valence-corrected chi connectivity index (χ0v) is 13.0. The second-order valence-corrected chi connectivity index (χ2v) is 5.94. The van der Waals surface area contributed by atoms with E-state index in [2.05, 4.69) is 24.4 Å². The third-order valence-electron chi connectivity index (χ3n) is 4.43. The Hall–Kier alpha value is -1.26. The summed E-state index contributed by atoms with van der Waals surface area (Å²) in [6.45, 7) is 6.33. The highest BCUT2D eigenvalue weighted by Gasteiger charge is 2.40. The lowest BCUT2D eigenvalue weighted by Crippen LogP contribution is -2.39. The van der Waals surface area contributed by atoms with Gasteiger partial charge in [-0.3, -0.25) is 0 Å². The number of nitrogens with one attached hydrogen (secondary N) is 1. The van der Waals surface area contributed by atoms with Gasteiger partial charge in [0.15, 0.2) is 5.79 Å². The summed E-state index contributed by atoms with van der Waals surface area (Å²) in [6, 6.07) is 6.75. The van der Waals surface area contributed by atoms with Crippen LogP contribution >= 0.6 is 0 Å². The topological polar surface area (TPSA) is 39.7 Å². The van der Waals surface area contributed by atoms with Gasteiger partial charge >= 0.3 is 0 Å². The summed E-state index contributed by atoms with van der Waals surface area (Å²) in [4.78, 5) is 0. The lowest BCUT2D eigenvalue weighted by molar-refractivity contribution is -0.177. The maximum Gasteiger partial charge on any atom is 0.168 e. The quantitative estimate of drug-likeness (QED) is 0.921. The zero-order valence-electron chi connectivity index (χ0n) is 13.0. The lowest BCUT2D eigenvalue weighted by atomic mass is 9.89. The number of rotatable bonds is 4. The Morgan fingerprint density at radius 1 is 1.24 bits per heavy atom. The number of ether oxygens (including phenoxy) is 3. The van der Waals surface area contributed by atoms with E-state index in [9.17, 15) is 0 Å². The molecule has 2 aliphatic rings. The molecule has 1 aromatic rings. The van der Waals surface area contributed by atoms with Crippen molar-refractivity contribution in [3.63, 3.8) is 0 Å². The average molecular weight is 291 g/mol. The molecule has 3 rings (SSSR count). The summed E-state index contributed by atoms with van der Waals surface area (Å²) in [7, 11) is 0. The Morgan fingerprint density at radius 2 is 1.95 bits per heavy atom. The van der Waals surface area contributed by atoms with Gasteiger partial charge in [0.1, 0.15) is 5.75 Å². The summed E-state index contributed by atoms with van der Waals surface area (Å²) >= 11 is 0. The van der Waals surface area contributed by atoms with Crippen LogP contribution in [0.25, 0.3) is 0 Å². The summed E-state index contributed by atoms with van der Waals surface area (Å²) in [5.74, 6) is 0.669. The Kier molecular flexibility index (Phi) is 4.36. The van der Waals surface area contributed by atoms with Crippen LogP contribution in [0.5, 0.6) is 5.75 Å². The summed E-state index contributed by atoms with van der Waals surface area (Å²) in [5, 5.41) is 3.66. The molecule has 0 amide bonds. The van der Waals surface area contributed by atoms with Gasteiger partial charge in [-0.25, -0.2) is 0 Å². The molecule has 1 spiro atoms.